The molecule has 0 amide bonds. The van der Waals surface area contributed by atoms with Gasteiger partial charge in [0.1, 0.15) is 0 Å². The van der Waals surface area contributed by atoms with Crippen LogP contribution in [-0.4, -0.2) is 16.4 Å². The summed E-state index contributed by atoms with van der Waals surface area (Å²) < 4.78 is 0. The molecule has 1 heterocycles. The molecule has 0 saturated heterocycles. The zero-order valence-corrected chi connectivity index (χ0v) is 14.5. The summed E-state index contributed by atoms with van der Waals surface area (Å²) in [6, 6.07) is 8.34. The van der Waals surface area contributed by atoms with Crippen molar-refractivity contribution >= 4 is 38.8 Å². The Morgan fingerprint density at radius 1 is 1.27 bits per heavy atom. The number of carboxylic acid groups (broad SMARTS) is 1. The van der Waals surface area contributed by atoms with Crippen molar-refractivity contribution in [3.63, 3.8) is 0 Å². The predicted molar refractivity (Wildman–Crippen MR) is 95.0 cm³/mol. The highest BCUT2D eigenvalue weighted by Crippen LogP contribution is 2.37. The van der Waals surface area contributed by atoms with Gasteiger partial charge in [-0.1, -0.05) is 40.2 Å². The SMILES string of the molecule is O=C(O)Cc1ccc2c(c1)/C(=C\CCBr)c1sccc1CC2. The van der Waals surface area contributed by atoms with Crippen molar-refractivity contribution in [3.05, 3.63) is 62.9 Å². The number of alkyl halides is 1. The van der Waals surface area contributed by atoms with Crippen LogP contribution in [0.2, 0.25) is 0 Å². The first-order chi connectivity index (χ1) is 10.7. The number of allylic oxidation sites excluding steroid dienone is 1. The second kappa shape index (κ2) is 6.80. The molecule has 114 valence electrons. The van der Waals surface area contributed by atoms with E-state index in [0.717, 1.165) is 30.2 Å². The van der Waals surface area contributed by atoms with E-state index in [1.807, 2.05) is 6.07 Å². The van der Waals surface area contributed by atoms with Gasteiger partial charge in [0.2, 0.25) is 0 Å². The van der Waals surface area contributed by atoms with Crippen LogP contribution >= 0.6 is 27.3 Å². The van der Waals surface area contributed by atoms with E-state index in [9.17, 15) is 4.79 Å². The van der Waals surface area contributed by atoms with Crippen molar-refractivity contribution in [2.75, 3.05) is 5.33 Å². The van der Waals surface area contributed by atoms with E-state index in [1.165, 1.54) is 27.1 Å². The summed E-state index contributed by atoms with van der Waals surface area (Å²) >= 11 is 5.28. The highest BCUT2D eigenvalue weighted by atomic mass is 79.9. The van der Waals surface area contributed by atoms with Crippen LogP contribution in [0.5, 0.6) is 0 Å². The highest BCUT2D eigenvalue weighted by molar-refractivity contribution is 9.09. The van der Waals surface area contributed by atoms with E-state index in [4.69, 9.17) is 5.11 Å². The van der Waals surface area contributed by atoms with Crippen molar-refractivity contribution in [3.8, 4) is 0 Å². The molecule has 22 heavy (non-hydrogen) atoms. The largest absolute Gasteiger partial charge is 0.481 e. The molecule has 0 spiro atoms. The van der Waals surface area contributed by atoms with Crippen molar-refractivity contribution < 1.29 is 9.90 Å². The summed E-state index contributed by atoms with van der Waals surface area (Å²) in [5, 5.41) is 12.1. The van der Waals surface area contributed by atoms with Gasteiger partial charge in [-0.2, -0.15) is 0 Å². The maximum Gasteiger partial charge on any atom is 0.307 e. The highest BCUT2D eigenvalue weighted by Gasteiger charge is 2.19. The smallest absolute Gasteiger partial charge is 0.307 e. The number of aliphatic carboxylic acids is 1. The van der Waals surface area contributed by atoms with Gasteiger partial charge in [0.25, 0.3) is 0 Å². The fourth-order valence-electron chi connectivity index (χ4n) is 2.94. The molecule has 1 aliphatic rings. The van der Waals surface area contributed by atoms with Crippen LogP contribution < -0.4 is 0 Å². The average Bonchev–Trinajstić information content (AvgIpc) is 2.89. The Kier molecular flexibility index (Phi) is 4.79. The Balaban J connectivity index is 2.11. The van der Waals surface area contributed by atoms with Gasteiger partial charge >= 0.3 is 5.97 Å². The van der Waals surface area contributed by atoms with Crippen LogP contribution in [0.15, 0.2) is 35.7 Å². The van der Waals surface area contributed by atoms with E-state index in [2.05, 4.69) is 45.6 Å². The molecule has 3 rings (SSSR count). The van der Waals surface area contributed by atoms with Crippen molar-refractivity contribution in [2.24, 2.45) is 0 Å². The Hall–Kier alpha value is -1.39. The van der Waals surface area contributed by atoms with Crippen molar-refractivity contribution in [2.45, 2.75) is 25.7 Å². The third kappa shape index (κ3) is 3.18. The number of benzene rings is 1. The van der Waals surface area contributed by atoms with E-state index in [1.54, 1.807) is 11.3 Å². The lowest BCUT2D eigenvalue weighted by Crippen LogP contribution is -2.02. The van der Waals surface area contributed by atoms with Gasteiger partial charge in [-0.15, -0.1) is 11.3 Å². The Morgan fingerprint density at radius 3 is 2.86 bits per heavy atom. The van der Waals surface area contributed by atoms with Crippen LogP contribution in [0, 0.1) is 0 Å². The second-order valence-corrected chi connectivity index (χ2v) is 7.14. The van der Waals surface area contributed by atoms with Gasteiger partial charge in [-0.25, -0.2) is 0 Å². The molecule has 0 unspecified atom stereocenters. The molecule has 1 aromatic carbocycles. The van der Waals surface area contributed by atoms with Crippen LogP contribution in [0.25, 0.3) is 5.57 Å². The normalized spacial score (nSPS) is 15.2. The second-order valence-electron chi connectivity index (χ2n) is 5.43. The molecule has 2 nitrogen and oxygen atoms in total. The number of rotatable bonds is 4. The number of aryl methyl sites for hydroxylation is 2. The van der Waals surface area contributed by atoms with Crippen LogP contribution in [-0.2, 0) is 24.1 Å². The first kappa shape index (κ1) is 15.5. The fourth-order valence-corrected chi connectivity index (χ4v) is 4.18. The standard InChI is InChI=1S/C18H17BrO2S/c19-8-1-2-15-16-10-12(11-17(20)21)3-4-13(16)5-6-14-7-9-22-18(14)15/h2-4,7,9-10H,1,5-6,8,11H2,(H,20,21)/b15-2+. The zero-order valence-electron chi connectivity index (χ0n) is 12.1. The predicted octanol–water partition coefficient (Wildman–Crippen LogP) is 4.69. The molecular formula is C18H17BrO2S. The fraction of sp³-hybridized carbons (Fsp3) is 0.278. The number of carbonyl (C=O) groups is 1. The minimum absolute atomic E-state index is 0.0797. The number of fused-ring (bicyclic) bond motifs is 2. The lowest BCUT2D eigenvalue weighted by molar-refractivity contribution is -0.136. The molecule has 0 aliphatic heterocycles. The molecule has 2 aromatic rings. The minimum atomic E-state index is -0.781. The number of hydrogen-bond acceptors (Lipinski definition) is 2. The van der Waals surface area contributed by atoms with Gasteiger partial charge in [-0.05, 0) is 58.5 Å². The summed E-state index contributed by atoms with van der Waals surface area (Å²) in [5.41, 5.74) is 6.07. The lowest BCUT2D eigenvalue weighted by Gasteiger charge is -2.11. The first-order valence-corrected chi connectivity index (χ1v) is 9.36. The summed E-state index contributed by atoms with van der Waals surface area (Å²) in [4.78, 5) is 12.3. The maximum atomic E-state index is 11.0. The molecule has 0 radical (unpaired) electrons. The first-order valence-electron chi connectivity index (χ1n) is 7.36. The van der Waals surface area contributed by atoms with Crippen LogP contribution in [0.3, 0.4) is 0 Å². The molecular weight excluding hydrogens is 360 g/mol. The Morgan fingerprint density at radius 2 is 2.09 bits per heavy atom. The monoisotopic (exact) mass is 376 g/mol. The molecule has 1 aromatic heterocycles. The Bertz CT molecular complexity index is 730. The summed E-state index contributed by atoms with van der Waals surface area (Å²) in [6.45, 7) is 0. The molecule has 0 atom stereocenters. The molecule has 0 saturated carbocycles. The third-order valence-corrected chi connectivity index (χ3v) is 5.38. The molecule has 1 N–H and O–H groups in total. The van der Waals surface area contributed by atoms with Gasteiger partial charge in [0.15, 0.2) is 0 Å². The van der Waals surface area contributed by atoms with Gasteiger partial charge in [-0.3, -0.25) is 4.79 Å². The molecule has 0 fully saturated rings. The van der Waals surface area contributed by atoms with Crippen molar-refractivity contribution in [1.82, 2.24) is 0 Å². The van der Waals surface area contributed by atoms with Crippen molar-refractivity contribution in [1.29, 1.82) is 0 Å². The Labute approximate surface area is 142 Å². The van der Waals surface area contributed by atoms with Gasteiger partial charge in [0.05, 0.1) is 6.42 Å². The maximum absolute atomic E-state index is 11.0. The third-order valence-electron chi connectivity index (χ3n) is 3.93. The quantitative estimate of drug-likeness (QED) is 0.785. The topological polar surface area (TPSA) is 37.3 Å². The van der Waals surface area contributed by atoms with Crippen LogP contribution in [0.1, 0.15) is 33.6 Å². The molecule has 1 aliphatic carbocycles. The zero-order chi connectivity index (χ0) is 15.5. The molecule has 4 heteroatoms. The molecule has 0 bridgehead atoms. The summed E-state index contributed by atoms with van der Waals surface area (Å²) in [6.07, 6.45) is 5.39. The van der Waals surface area contributed by atoms with E-state index in [-0.39, 0.29) is 6.42 Å². The number of carboxylic acids is 1. The summed E-state index contributed by atoms with van der Waals surface area (Å²) in [7, 11) is 0. The number of thiophene rings is 1. The average molecular weight is 377 g/mol. The van der Waals surface area contributed by atoms with Gasteiger partial charge < -0.3 is 5.11 Å². The van der Waals surface area contributed by atoms with Crippen LogP contribution in [0.4, 0.5) is 0 Å². The number of hydrogen-bond donors (Lipinski definition) is 1. The lowest BCUT2D eigenvalue weighted by atomic mass is 9.95. The number of halogens is 1. The van der Waals surface area contributed by atoms with E-state index in [0.29, 0.717) is 0 Å². The van der Waals surface area contributed by atoms with Gasteiger partial charge in [0, 0.05) is 10.2 Å². The van der Waals surface area contributed by atoms with E-state index >= 15 is 0 Å². The van der Waals surface area contributed by atoms with E-state index < -0.39 is 5.97 Å². The summed E-state index contributed by atoms with van der Waals surface area (Å²) in [5.74, 6) is -0.781. The minimum Gasteiger partial charge on any atom is -0.481 e.